The summed E-state index contributed by atoms with van der Waals surface area (Å²) in [5.74, 6) is 0. The second-order valence-electron chi connectivity index (χ2n) is 4.75. The average molecular weight is 278 g/mol. The molecule has 0 aliphatic rings. The Morgan fingerprint density at radius 1 is 1.42 bits per heavy atom. The van der Waals surface area contributed by atoms with Gasteiger partial charge < -0.3 is 5.32 Å². The van der Waals surface area contributed by atoms with Gasteiger partial charge >= 0.3 is 0 Å². The van der Waals surface area contributed by atoms with Crippen LogP contribution in [0.2, 0.25) is 5.02 Å². The molecule has 1 atom stereocenters. The monoisotopic (exact) mass is 277 g/mol. The zero-order valence-electron chi connectivity index (χ0n) is 11.4. The largest absolute Gasteiger partial charge is 0.308 e. The Kier molecular flexibility index (Phi) is 5.00. The van der Waals surface area contributed by atoms with Crippen LogP contribution in [0.15, 0.2) is 36.7 Å². The summed E-state index contributed by atoms with van der Waals surface area (Å²) < 4.78 is 1.97. The zero-order chi connectivity index (χ0) is 13.7. The number of nitrogens with zero attached hydrogens (tertiary/aromatic N) is 2. The van der Waals surface area contributed by atoms with Crippen LogP contribution in [-0.4, -0.2) is 16.3 Å². The fourth-order valence-corrected chi connectivity index (χ4v) is 2.36. The summed E-state index contributed by atoms with van der Waals surface area (Å²) in [6.07, 6.45) is 4.98. The molecule has 0 amide bonds. The predicted molar refractivity (Wildman–Crippen MR) is 79.5 cm³/mol. The first-order valence-corrected chi connectivity index (χ1v) is 7.04. The molecule has 0 aliphatic carbocycles. The molecule has 0 unspecified atom stereocenters. The van der Waals surface area contributed by atoms with Gasteiger partial charge in [-0.2, -0.15) is 5.10 Å². The summed E-state index contributed by atoms with van der Waals surface area (Å²) in [5, 5.41) is 8.62. The highest BCUT2D eigenvalue weighted by Gasteiger charge is 2.08. The molecule has 0 aliphatic heterocycles. The molecule has 2 aromatic rings. The van der Waals surface area contributed by atoms with Crippen molar-refractivity contribution in [2.24, 2.45) is 0 Å². The first kappa shape index (κ1) is 14.1. The van der Waals surface area contributed by atoms with E-state index in [0.717, 1.165) is 24.5 Å². The number of hydrogen-bond acceptors (Lipinski definition) is 2. The van der Waals surface area contributed by atoms with Crippen LogP contribution in [0.5, 0.6) is 0 Å². The van der Waals surface area contributed by atoms with Crippen LogP contribution in [0.1, 0.15) is 30.5 Å². The summed E-state index contributed by atoms with van der Waals surface area (Å²) in [6, 6.07) is 8.39. The van der Waals surface area contributed by atoms with Gasteiger partial charge in [0.15, 0.2) is 0 Å². The molecule has 1 N–H and O–H groups in total. The molecule has 0 saturated carbocycles. The summed E-state index contributed by atoms with van der Waals surface area (Å²) in [6.45, 7) is 6.01. The molecule has 1 heterocycles. The number of rotatable bonds is 6. The van der Waals surface area contributed by atoms with Crippen LogP contribution in [-0.2, 0) is 6.54 Å². The summed E-state index contributed by atoms with van der Waals surface area (Å²) in [4.78, 5) is 0. The van der Waals surface area contributed by atoms with E-state index < -0.39 is 0 Å². The fraction of sp³-hybridized carbons (Fsp3) is 0.400. The maximum absolute atomic E-state index is 6.04. The van der Waals surface area contributed by atoms with E-state index in [1.54, 1.807) is 0 Å². The lowest BCUT2D eigenvalue weighted by Crippen LogP contribution is -2.25. The molecule has 2 rings (SSSR count). The predicted octanol–water partition coefficient (Wildman–Crippen LogP) is 3.59. The number of halogens is 1. The van der Waals surface area contributed by atoms with Crippen molar-refractivity contribution in [1.82, 2.24) is 15.1 Å². The van der Waals surface area contributed by atoms with Gasteiger partial charge in [0.05, 0.1) is 12.7 Å². The third kappa shape index (κ3) is 4.08. The Balaban J connectivity index is 1.89. The van der Waals surface area contributed by atoms with Crippen molar-refractivity contribution < 1.29 is 0 Å². The smallest absolute Gasteiger partial charge is 0.0534 e. The summed E-state index contributed by atoms with van der Waals surface area (Å²) in [7, 11) is 0. The lowest BCUT2D eigenvalue weighted by atomic mass is 10.0. The van der Waals surface area contributed by atoms with Gasteiger partial charge in [0.1, 0.15) is 0 Å². The van der Waals surface area contributed by atoms with Gasteiger partial charge in [-0.15, -0.1) is 0 Å². The topological polar surface area (TPSA) is 29.9 Å². The number of hydrogen-bond donors (Lipinski definition) is 1. The third-order valence-electron chi connectivity index (χ3n) is 3.15. The molecule has 0 saturated heterocycles. The molecule has 1 aromatic heterocycles. The van der Waals surface area contributed by atoms with Crippen molar-refractivity contribution >= 4 is 11.6 Å². The molecule has 1 aromatic carbocycles. The van der Waals surface area contributed by atoms with Gasteiger partial charge in [0, 0.05) is 23.8 Å². The Morgan fingerprint density at radius 2 is 2.26 bits per heavy atom. The van der Waals surface area contributed by atoms with Crippen molar-refractivity contribution in [3.63, 3.8) is 0 Å². The quantitative estimate of drug-likeness (QED) is 0.875. The highest BCUT2D eigenvalue weighted by molar-refractivity contribution is 6.30. The molecule has 0 fully saturated rings. The Bertz CT molecular complexity index is 522. The standard InChI is InChI=1S/C15H20ClN3/c1-3-15(13-5-4-6-14(16)9-13)17-7-8-19-11-12(2)10-18-19/h4-6,9-11,15,17H,3,7-8H2,1-2H3/t15-/m1/s1. The van der Waals surface area contributed by atoms with Gasteiger partial charge in [-0.1, -0.05) is 30.7 Å². The molecule has 102 valence electrons. The summed E-state index contributed by atoms with van der Waals surface area (Å²) in [5.41, 5.74) is 2.44. The minimum absolute atomic E-state index is 0.343. The number of nitrogens with one attached hydrogen (secondary N) is 1. The molecule has 19 heavy (non-hydrogen) atoms. The first-order chi connectivity index (χ1) is 9.19. The summed E-state index contributed by atoms with van der Waals surface area (Å²) >= 11 is 6.04. The maximum Gasteiger partial charge on any atom is 0.0534 e. The van der Waals surface area contributed by atoms with Crippen LogP contribution < -0.4 is 5.32 Å². The van der Waals surface area contributed by atoms with Crippen LogP contribution in [0.3, 0.4) is 0 Å². The van der Waals surface area contributed by atoms with Gasteiger partial charge in [0.2, 0.25) is 0 Å². The van der Waals surface area contributed by atoms with E-state index in [0.29, 0.717) is 6.04 Å². The van der Waals surface area contributed by atoms with Gasteiger partial charge in [-0.25, -0.2) is 0 Å². The lowest BCUT2D eigenvalue weighted by Gasteiger charge is -2.17. The van der Waals surface area contributed by atoms with Crippen molar-refractivity contribution in [2.45, 2.75) is 32.9 Å². The van der Waals surface area contributed by atoms with Crippen molar-refractivity contribution in [2.75, 3.05) is 6.54 Å². The van der Waals surface area contributed by atoms with E-state index in [1.807, 2.05) is 29.1 Å². The molecular formula is C15H20ClN3. The van der Waals surface area contributed by atoms with Crippen molar-refractivity contribution in [3.8, 4) is 0 Å². The van der Waals surface area contributed by atoms with Gasteiger partial charge in [-0.3, -0.25) is 4.68 Å². The Labute approximate surface area is 119 Å². The van der Waals surface area contributed by atoms with E-state index in [-0.39, 0.29) is 0 Å². The molecule has 3 nitrogen and oxygen atoms in total. The molecule has 0 bridgehead atoms. The second-order valence-corrected chi connectivity index (χ2v) is 5.19. The van der Waals surface area contributed by atoms with Crippen molar-refractivity contribution in [3.05, 3.63) is 52.8 Å². The van der Waals surface area contributed by atoms with Crippen LogP contribution in [0.4, 0.5) is 0 Å². The Morgan fingerprint density at radius 3 is 2.89 bits per heavy atom. The van der Waals surface area contributed by atoms with Crippen LogP contribution >= 0.6 is 11.6 Å². The molecule has 4 heteroatoms. The van der Waals surface area contributed by atoms with Gasteiger partial charge in [0.25, 0.3) is 0 Å². The van der Waals surface area contributed by atoms with E-state index in [2.05, 4.69) is 36.5 Å². The van der Waals surface area contributed by atoms with E-state index >= 15 is 0 Å². The minimum Gasteiger partial charge on any atom is -0.308 e. The lowest BCUT2D eigenvalue weighted by molar-refractivity contribution is 0.476. The van der Waals surface area contributed by atoms with Gasteiger partial charge in [-0.05, 0) is 36.6 Å². The molecule has 0 spiro atoms. The Hall–Kier alpha value is -1.32. The van der Waals surface area contributed by atoms with E-state index in [9.17, 15) is 0 Å². The fourth-order valence-electron chi connectivity index (χ4n) is 2.16. The normalized spacial score (nSPS) is 12.6. The minimum atomic E-state index is 0.343. The third-order valence-corrected chi connectivity index (χ3v) is 3.39. The highest BCUT2D eigenvalue weighted by atomic mass is 35.5. The zero-order valence-corrected chi connectivity index (χ0v) is 12.2. The van der Waals surface area contributed by atoms with Crippen LogP contribution in [0, 0.1) is 6.92 Å². The molecule has 0 radical (unpaired) electrons. The van der Waals surface area contributed by atoms with Crippen LogP contribution in [0.25, 0.3) is 0 Å². The maximum atomic E-state index is 6.04. The van der Waals surface area contributed by atoms with Crippen molar-refractivity contribution in [1.29, 1.82) is 0 Å². The molecular weight excluding hydrogens is 258 g/mol. The first-order valence-electron chi connectivity index (χ1n) is 6.67. The number of benzene rings is 1. The van der Waals surface area contributed by atoms with E-state index in [4.69, 9.17) is 11.6 Å². The number of aromatic nitrogens is 2. The SMILES string of the molecule is CC[C@@H](NCCn1cc(C)cn1)c1cccc(Cl)c1. The number of aryl methyl sites for hydroxylation is 1. The average Bonchev–Trinajstić information content (AvgIpc) is 2.80. The second kappa shape index (κ2) is 6.73. The van der Waals surface area contributed by atoms with E-state index in [1.165, 1.54) is 11.1 Å². The highest BCUT2D eigenvalue weighted by Crippen LogP contribution is 2.20.